The van der Waals surface area contributed by atoms with Crippen LogP contribution in [0.4, 0.5) is 5.82 Å². The maximum atomic E-state index is 12.2. The molecular weight excluding hydrogens is 302 g/mol. The van der Waals surface area contributed by atoms with Gasteiger partial charge >= 0.3 is 0 Å². The molecule has 1 fully saturated rings. The third-order valence-electron chi connectivity index (χ3n) is 4.65. The van der Waals surface area contributed by atoms with Crippen LogP contribution in [0.25, 0.3) is 0 Å². The van der Waals surface area contributed by atoms with Crippen LogP contribution < -0.4 is 10.6 Å². The van der Waals surface area contributed by atoms with Gasteiger partial charge in [0, 0.05) is 31.1 Å². The van der Waals surface area contributed by atoms with Gasteiger partial charge in [0.15, 0.2) is 5.82 Å². The summed E-state index contributed by atoms with van der Waals surface area (Å²) in [6, 6.07) is 5.76. The molecule has 3 rings (SSSR count). The fourth-order valence-corrected chi connectivity index (χ4v) is 3.21. The molecule has 0 bridgehead atoms. The van der Waals surface area contributed by atoms with E-state index in [0.717, 1.165) is 18.7 Å². The standard InChI is InChI=1S/C18H25N5O/c1-14(16-3-2-7-20-12-16)11-18(24)21-17-6-10-23(22-17)13-15-4-8-19-9-5-15/h4-6,8-10,14,16,20H,2-3,7,11-13H2,1H3,(H,21,22,24). The van der Waals surface area contributed by atoms with E-state index >= 15 is 0 Å². The van der Waals surface area contributed by atoms with Crippen molar-refractivity contribution >= 4 is 11.7 Å². The maximum absolute atomic E-state index is 12.2. The number of piperidine rings is 1. The number of carbonyl (C=O) groups excluding carboxylic acids is 1. The minimum absolute atomic E-state index is 0.0437. The van der Waals surface area contributed by atoms with E-state index in [9.17, 15) is 4.79 Å². The molecule has 6 heteroatoms. The lowest BCUT2D eigenvalue weighted by molar-refractivity contribution is -0.117. The summed E-state index contributed by atoms with van der Waals surface area (Å²) in [6.45, 7) is 4.96. The van der Waals surface area contributed by atoms with Gasteiger partial charge in [-0.2, -0.15) is 5.10 Å². The summed E-state index contributed by atoms with van der Waals surface area (Å²) in [5.41, 5.74) is 1.13. The normalized spacial score (nSPS) is 19.0. The number of pyridine rings is 1. The molecule has 1 amide bonds. The van der Waals surface area contributed by atoms with Gasteiger partial charge in [-0.15, -0.1) is 0 Å². The highest BCUT2D eigenvalue weighted by molar-refractivity contribution is 5.89. The van der Waals surface area contributed by atoms with Gasteiger partial charge in [-0.25, -0.2) is 0 Å². The monoisotopic (exact) mass is 327 g/mol. The van der Waals surface area contributed by atoms with E-state index in [4.69, 9.17) is 0 Å². The van der Waals surface area contributed by atoms with Crippen molar-refractivity contribution in [2.75, 3.05) is 18.4 Å². The molecule has 6 nitrogen and oxygen atoms in total. The first kappa shape index (κ1) is 16.6. The van der Waals surface area contributed by atoms with Crippen molar-refractivity contribution in [3.8, 4) is 0 Å². The van der Waals surface area contributed by atoms with Crippen molar-refractivity contribution in [2.45, 2.75) is 32.7 Å². The van der Waals surface area contributed by atoms with E-state index in [1.54, 1.807) is 12.4 Å². The van der Waals surface area contributed by atoms with E-state index in [1.807, 2.05) is 29.1 Å². The molecule has 0 saturated carbocycles. The Morgan fingerprint density at radius 1 is 1.42 bits per heavy atom. The average Bonchev–Trinajstić information content (AvgIpc) is 3.03. The lowest BCUT2D eigenvalue weighted by Gasteiger charge is -2.27. The number of anilines is 1. The molecule has 2 aromatic heterocycles. The van der Waals surface area contributed by atoms with Crippen molar-refractivity contribution in [1.82, 2.24) is 20.1 Å². The Balaban J connectivity index is 1.49. The van der Waals surface area contributed by atoms with Crippen molar-refractivity contribution in [1.29, 1.82) is 0 Å². The van der Waals surface area contributed by atoms with Crippen molar-refractivity contribution < 1.29 is 4.79 Å². The summed E-state index contributed by atoms with van der Waals surface area (Å²) in [5, 5.41) is 10.7. The zero-order valence-electron chi connectivity index (χ0n) is 14.1. The van der Waals surface area contributed by atoms with Gasteiger partial charge in [-0.1, -0.05) is 6.92 Å². The predicted octanol–water partition coefficient (Wildman–Crippen LogP) is 2.29. The van der Waals surface area contributed by atoms with Gasteiger partial charge in [-0.3, -0.25) is 14.5 Å². The third-order valence-corrected chi connectivity index (χ3v) is 4.65. The summed E-state index contributed by atoms with van der Waals surface area (Å²) in [7, 11) is 0. The number of nitrogens with one attached hydrogen (secondary N) is 2. The molecule has 2 unspecified atom stereocenters. The van der Waals surface area contributed by atoms with Gasteiger partial charge in [0.05, 0.1) is 6.54 Å². The summed E-state index contributed by atoms with van der Waals surface area (Å²) in [4.78, 5) is 16.3. The first-order chi connectivity index (χ1) is 11.7. The third kappa shape index (κ3) is 4.64. The van der Waals surface area contributed by atoms with Crippen LogP contribution in [0, 0.1) is 11.8 Å². The number of amides is 1. The molecule has 2 N–H and O–H groups in total. The quantitative estimate of drug-likeness (QED) is 0.854. The highest BCUT2D eigenvalue weighted by atomic mass is 16.1. The number of carbonyl (C=O) groups is 1. The molecule has 0 radical (unpaired) electrons. The zero-order valence-corrected chi connectivity index (χ0v) is 14.1. The predicted molar refractivity (Wildman–Crippen MR) is 93.6 cm³/mol. The largest absolute Gasteiger partial charge is 0.316 e. The van der Waals surface area contributed by atoms with E-state index in [2.05, 4.69) is 27.6 Å². The van der Waals surface area contributed by atoms with Crippen LogP contribution in [0.2, 0.25) is 0 Å². The number of hydrogen-bond donors (Lipinski definition) is 2. The van der Waals surface area contributed by atoms with Gasteiger partial charge in [0.2, 0.25) is 5.91 Å². The van der Waals surface area contributed by atoms with Gasteiger partial charge in [-0.05, 0) is 55.5 Å². The minimum Gasteiger partial charge on any atom is -0.316 e. The Morgan fingerprint density at radius 2 is 2.25 bits per heavy atom. The molecule has 0 aromatic carbocycles. The second kappa shape index (κ2) is 8.06. The molecule has 128 valence electrons. The summed E-state index contributed by atoms with van der Waals surface area (Å²) in [5.74, 6) is 1.63. The first-order valence-electron chi connectivity index (χ1n) is 8.63. The van der Waals surface area contributed by atoms with Gasteiger partial charge in [0.1, 0.15) is 0 Å². The molecule has 2 aromatic rings. The number of aromatic nitrogens is 3. The van der Waals surface area contributed by atoms with Crippen molar-refractivity contribution in [3.63, 3.8) is 0 Å². The van der Waals surface area contributed by atoms with Gasteiger partial charge in [0.25, 0.3) is 0 Å². The van der Waals surface area contributed by atoms with Crippen LogP contribution in [-0.2, 0) is 11.3 Å². The Morgan fingerprint density at radius 3 is 3.00 bits per heavy atom. The number of hydrogen-bond acceptors (Lipinski definition) is 4. The summed E-state index contributed by atoms with van der Waals surface area (Å²) < 4.78 is 1.82. The Kier molecular flexibility index (Phi) is 5.59. The molecular formula is C18H25N5O. The highest BCUT2D eigenvalue weighted by Crippen LogP contribution is 2.22. The summed E-state index contributed by atoms with van der Waals surface area (Å²) in [6.07, 6.45) is 8.37. The van der Waals surface area contributed by atoms with Crippen LogP contribution in [0.15, 0.2) is 36.8 Å². The van der Waals surface area contributed by atoms with E-state index < -0.39 is 0 Å². The van der Waals surface area contributed by atoms with E-state index in [0.29, 0.717) is 30.6 Å². The van der Waals surface area contributed by atoms with Crippen LogP contribution in [0.1, 0.15) is 31.7 Å². The van der Waals surface area contributed by atoms with Gasteiger partial charge < -0.3 is 10.6 Å². The van der Waals surface area contributed by atoms with E-state index in [1.165, 1.54) is 12.8 Å². The van der Waals surface area contributed by atoms with Crippen molar-refractivity contribution in [3.05, 3.63) is 42.4 Å². The molecule has 3 heterocycles. The smallest absolute Gasteiger partial charge is 0.225 e. The maximum Gasteiger partial charge on any atom is 0.225 e. The topological polar surface area (TPSA) is 71.8 Å². The zero-order chi connectivity index (χ0) is 16.8. The van der Waals surface area contributed by atoms with Crippen LogP contribution in [0.3, 0.4) is 0 Å². The molecule has 24 heavy (non-hydrogen) atoms. The van der Waals surface area contributed by atoms with E-state index in [-0.39, 0.29) is 5.91 Å². The van der Waals surface area contributed by atoms with Crippen LogP contribution >= 0.6 is 0 Å². The Hall–Kier alpha value is -2.21. The lowest BCUT2D eigenvalue weighted by Crippen LogP contribution is -2.34. The van der Waals surface area contributed by atoms with Crippen LogP contribution in [-0.4, -0.2) is 33.8 Å². The SMILES string of the molecule is CC(CC(=O)Nc1ccn(Cc2ccncc2)n1)C1CCCNC1. The Bertz CT molecular complexity index is 648. The molecule has 2 atom stereocenters. The number of nitrogens with zero attached hydrogens (tertiary/aromatic N) is 3. The fraction of sp³-hybridized carbons (Fsp3) is 0.500. The fourth-order valence-electron chi connectivity index (χ4n) is 3.21. The van der Waals surface area contributed by atoms with Crippen molar-refractivity contribution in [2.24, 2.45) is 11.8 Å². The highest BCUT2D eigenvalue weighted by Gasteiger charge is 2.22. The molecule has 1 aliphatic heterocycles. The van der Waals surface area contributed by atoms with Crippen LogP contribution in [0.5, 0.6) is 0 Å². The second-order valence-corrected chi connectivity index (χ2v) is 6.59. The second-order valence-electron chi connectivity index (χ2n) is 6.59. The summed E-state index contributed by atoms with van der Waals surface area (Å²) >= 11 is 0. The Labute approximate surface area is 142 Å². The first-order valence-corrected chi connectivity index (χ1v) is 8.63. The lowest BCUT2D eigenvalue weighted by atomic mass is 9.85. The molecule has 0 spiro atoms. The molecule has 0 aliphatic carbocycles. The molecule has 1 saturated heterocycles. The number of rotatable bonds is 6. The average molecular weight is 327 g/mol. The minimum atomic E-state index is 0.0437. The molecule has 1 aliphatic rings.